The van der Waals surface area contributed by atoms with Crippen molar-refractivity contribution in [2.24, 2.45) is 5.92 Å². The van der Waals surface area contributed by atoms with Crippen LogP contribution in [0.1, 0.15) is 18.7 Å². The van der Waals surface area contributed by atoms with Gasteiger partial charge < -0.3 is 9.63 Å². The molecule has 0 aromatic carbocycles. The highest BCUT2D eigenvalue weighted by atomic mass is 16.5. The molecule has 2 aromatic rings. The number of aromatic amines is 1. The van der Waals surface area contributed by atoms with Crippen LogP contribution in [0, 0.1) is 5.92 Å². The second-order valence-corrected chi connectivity index (χ2v) is 3.98. The number of aliphatic hydroxyl groups is 1. The van der Waals surface area contributed by atoms with E-state index in [2.05, 4.69) is 25.6 Å². The van der Waals surface area contributed by atoms with Crippen LogP contribution in [-0.2, 0) is 6.42 Å². The van der Waals surface area contributed by atoms with Crippen molar-refractivity contribution in [2.45, 2.75) is 25.4 Å². The van der Waals surface area contributed by atoms with Gasteiger partial charge in [-0.1, -0.05) is 5.16 Å². The Hall–Kier alpha value is -1.76. The number of aromatic nitrogens is 5. The summed E-state index contributed by atoms with van der Waals surface area (Å²) in [5.41, 5.74) is 0.538. The van der Waals surface area contributed by atoms with Crippen LogP contribution in [0.3, 0.4) is 0 Å². The van der Waals surface area contributed by atoms with Gasteiger partial charge in [-0.3, -0.25) is 0 Å². The number of nitrogens with one attached hydrogen (secondary N) is 1. The fourth-order valence-electron chi connectivity index (χ4n) is 1.58. The SMILES string of the molecule is OC(Cc1nc(-c2cn[nH]n2)no1)C1CC1. The van der Waals surface area contributed by atoms with E-state index in [-0.39, 0.29) is 6.10 Å². The van der Waals surface area contributed by atoms with E-state index < -0.39 is 0 Å². The molecule has 84 valence electrons. The minimum atomic E-state index is -0.370. The maximum atomic E-state index is 9.72. The Balaban J connectivity index is 1.72. The van der Waals surface area contributed by atoms with Crippen molar-refractivity contribution < 1.29 is 9.63 Å². The summed E-state index contributed by atoms with van der Waals surface area (Å²) < 4.78 is 5.03. The highest BCUT2D eigenvalue weighted by Gasteiger charge is 2.31. The highest BCUT2D eigenvalue weighted by molar-refractivity contribution is 5.44. The molecule has 0 saturated heterocycles. The van der Waals surface area contributed by atoms with Gasteiger partial charge in [0.2, 0.25) is 11.7 Å². The fourth-order valence-corrected chi connectivity index (χ4v) is 1.58. The van der Waals surface area contributed by atoms with Crippen molar-refractivity contribution in [3.05, 3.63) is 12.1 Å². The Labute approximate surface area is 90.9 Å². The van der Waals surface area contributed by atoms with Gasteiger partial charge in [0.25, 0.3) is 0 Å². The van der Waals surface area contributed by atoms with E-state index in [9.17, 15) is 5.11 Å². The molecule has 2 N–H and O–H groups in total. The summed E-state index contributed by atoms with van der Waals surface area (Å²) in [5.74, 6) is 1.24. The third-order valence-corrected chi connectivity index (χ3v) is 2.66. The first kappa shape index (κ1) is 9.46. The summed E-state index contributed by atoms with van der Waals surface area (Å²) in [6.07, 6.45) is 3.74. The number of nitrogens with zero attached hydrogens (tertiary/aromatic N) is 4. The summed E-state index contributed by atoms with van der Waals surface area (Å²) in [7, 11) is 0. The first-order chi connectivity index (χ1) is 7.83. The first-order valence-electron chi connectivity index (χ1n) is 5.20. The molecule has 1 atom stereocenters. The van der Waals surface area contributed by atoms with Crippen LogP contribution >= 0.6 is 0 Å². The van der Waals surface area contributed by atoms with E-state index in [4.69, 9.17) is 4.52 Å². The van der Waals surface area contributed by atoms with Gasteiger partial charge in [-0.2, -0.15) is 20.4 Å². The molecule has 0 bridgehead atoms. The first-order valence-corrected chi connectivity index (χ1v) is 5.20. The van der Waals surface area contributed by atoms with Crippen LogP contribution < -0.4 is 0 Å². The maximum Gasteiger partial charge on any atom is 0.229 e. The summed E-state index contributed by atoms with van der Waals surface area (Å²) >= 11 is 0. The molecular weight excluding hydrogens is 210 g/mol. The normalized spacial score (nSPS) is 17.6. The third kappa shape index (κ3) is 1.81. The van der Waals surface area contributed by atoms with Gasteiger partial charge in [0.15, 0.2) is 5.69 Å². The molecular formula is C9H11N5O2. The molecule has 1 aliphatic rings. The summed E-state index contributed by atoms with van der Waals surface area (Å²) in [6.45, 7) is 0. The lowest BCUT2D eigenvalue weighted by Gasteiger charge is -2.03. The van der Waals surface area contributed by atoms with Gasteiger partial charge in [-0.05, 0) is 18.8 Å². The minimum Gasteiger partial charge on any atom is -0.392 e. The van der Waals surface area contributed by atoms with Gasteiger partial charge in [0.1, 0.15) is 0 Å². The lowest BCUT2D eigenvalue weighted by molar-refractivity contribution is 0.140. The van der Waals surface area contributed by atoms with E-state index >= 15 is 0 Å². The second kappa shape index (κ2) is 3.67. The number of rotatable bonds is 4. The Morgan fingerprint density at radius 1 is 1.56 bits per heavy atom. The van der Waals surface area contributed by atoms with Crippen LogP contribution in [0.5, 0.6) is 0 Å². The van der Waals surface area contributed by atoms with Crippen molar-refractivity contribution in [3.63, 3.8) is 0 Å². The molecule has 2 aromatic heterocycles. The zero-order valence-electron chi connectivity index (χ0n) is 8.50. The molecule has 16 heavy (non-hydrogen) atoms. The molecule has 0 radical (unpaired) electrons. The van der Waals surface area contributed by atoms with Crippen LogP contribution in [0.2, 0.25) is 0 Å². The Morgan fingerprint density at radius 2 is 2.44 bits per heavy atom. The van der Waals surface area contributed by atoms with Crippen molar-refractivity contribution in [1.29, 1.82) is 0 Å². The van der Waals surface area contributed by atoms with E-state index in [1.807, 2.05) is 0 Å². The summed E-state index contributed by atoms with van der Waals surface area (Å²) in [4.78, 5) is 4.14. The van der Waals surface area contributed by atoms with E-state index in [0.717, 1.165) is 12.8 Å². The van der Waals surface area contributed by atoms with Gasteiger partial charge in [0, 0.05) is 0 Å². The molecule has 1 fully saturated rings. The average Bonchev–Trinajstić information content (AvgIpc) is 2.80. The lowest BCUT2D eigenvalue weighted by Crippen LogP contribution is -2.12. The zero-order valence-corrected chi connectivity index (χ0v) is 8.50. The van der Waals surface area contributed by atoms with Crippen molar-refractivity contribution in [3.8, 4) is 11.5 Å². The monoisotopic (exact) mass is 221 g/mol. The fraction of sp³-hybridized carbons (Fsp3) is 0.556. The number of aliphatic hydroxyl groups excluding tert-OH is 1. The van der Waals surface area contributed by atoms with E-state index in [0.29, 0.717) is 29.7 Å². The molecule has 1 unspecified atom stereocenters. The molecule has 2 heterocycles. The predicted octanol–water partition coefficient (Wildman–Crippen LogP) is 0.168. The minimum absolute atomic E-state index is 0.370. The van der Waals surface area contributed by atoms with Crippen LogP contribution in [-0.4, -0.2) is 36.8 Å². The Kier molecular flexibility index (Phi) is 2.17. The highest BCUT2D eigenvalue weighted by Crippen LogP contribution is 2.33. The number of hydrogen-bond acceptors (Lipinski definition) is 6. The Morgan fingerprint density at radius 3 is 3.12 bits per heavy atom. The topological polar surface area (TPSA) is 101 Å². The smallest absolute Gasteiger partial charge is 0.229 e. The zero-order chi connectivity index (χ0) is 11.0. The van der Waals surface area contributed by atoms with Gasteiger partial charge >= 0.3 is 0 Å². The molecule has 0 spiro atoms. The Bertz CT molecular complexity index is 462. The van der Waals surface area contributed by atoms with Crippen LogP contribution in [0.4, 0.5) is 0 Å². The lowest BCUT2D eigenvalue weighted by atomic mass is 10.2. The quantitative estimate of drug-likeness (QED) is 0.763. The van der Waals surface area contributed by atoms with E-state index in [1.54, 1.807) is 0 Å². The third-order valence-electron chi connectivity index (χ3n) is 2.66. The van der Waals surface area contributed by atoms with Crippen LogP contribution in [0.15, 0.2) is 10.7 Å². The van der Waals surface area contributed by atoms with Gasteiger partial charge in [-0.25, -0.2) is 0 Å². The molecule has 1 saturated carbocycles. The van der Waals surface area contributed by atoms with Gasteiger partial charge in [0.05, 0.1) is 18.7 Å². The molecule has 7 heteroatoms. The molecule has 3 rings (SSSR count). The molecule has 7 nitrogen and oxygen atoms in total. The molecule has 1 aliphatic carbocycles. The largest absolute Gasteiger partial charge is 0.392 e. The summed E-state index contributed by atoms with van der Waals surface area (Å²) in [6, 6.07) is 0. The standard InChI is InChI=1S/C9H11N5O2/c15-7(5-1-2-5)3-8-11-9(13-16-8)6-4-10-14-12-6/h4-5,7,15H,1-3H2,(H,10,12,14). The van der Waals surface area contributed by atoms with E-state index in [1.165, 1.54) is 6.20 Å². The van der Waals surface area contributed by atoms with Crippen molar-refractivity contribution in [1.82, 2.24) is 25.6 Å². The molecule has 0 amide bonds. The maximum absolute atomic E-state index is 9.72. The molecule has 0 aliphatic heterocycles. The number of H-pyrrole nitrogens is 1. The van der Waals surface area contributed by atoms with Gasteiger partial charge in [-0.15, -0.1) is 0 Å². The number of hydrogen-bond donors (Lipinski definition) is 2. The second-order valence-electron chi connectivity index (χ2n) is 3.98. The van der Waals surface area contributed by atoms with Crippen molar-refractivity contribution >= 4 is 0 Å². The van der Waals surface area contributed by atoms with Crippen molar-refractivity contribution in [2.75, 3.05) is 0 Å². The summed E-state index contributed by atoms with van der Waals surface area (Å²) in [5, 5.41) is 23.5. The average molecular weight is 221 g/mol. The van der Waals surface area contributed by atoms with Crippen LogP contribution in [0.25, 0.3) is 11.5 Å². The predicted molar refractivity (Wildman–Crippen MR) is 52.1 cm³/mol.